The average Bonchev–Trinajstić information content (AvgIpc) is 2.72. The van der Waals surface area contributed by atoms with Gasteiger partial charge in [-0.1, -0.05) is 18.2 Å². The molecule has 3 nitrogen and oxygen atoms in total. The molecule has 0 N–H and O–H groups in total. The van der Waals surface area contributed by atoms with Crippen LogP contribution in [0.25, 0.3) is 5.69 Å². The van der Waals surface area contributed by atoms with Crippen LogP contribution in [-0.2, 0) is 0 Å². The summed E-state index contributed by atoms with van der Waals surface area (Å²) >= 11 is 1.52. The maximum atomic E-state index is 10.7. The van der Waals surface area contributed by atoms with Crippen LogP contribution in [0, 0.1) is 0 Å². The minimum atomic E-state index is 0.492. The fourth-order valence-electron chi connectivity index (χ4n) is 1.41. The van der Waals surface area contributed by atoms with Gasteiger partial charge in [0, 0.05) is 5.69 Å². The Morgan fingerprint density at radius 2 is 2.07 bits per heavy atom. The zero-order valence-electron chi connectivity index (χ0n) is 8.25. The molecule has 4 heteroatoms. The van der Waals surface area contributed by atoms with Crippen molar-refractivity contribution < 1.29 is 4.79 Å². The molecule has 2 rings (SSSR count). The Bertz CT molecular complexity index is 465. The van der Waals surface area contributed by atoms with Gasteiger partial charge in [-0.25, -0.2) is 4.98 Å². The number of carbonyl (C=O) groups excluding carboxylic acids is 1. The summed E-state index contributed by atoms with van der Waals surface area (Å²) in [5.41, 5.74) is 1.51. The molecule has 15 heavy (non-hydrogen) atoms. The number of carbonyl (C=O) groups is 1. The zero-order valence-corrected chi connectivity index (χ0v) is 9.07. The highest BCUT2D eigenvalue weighted by Crippen LogP contribution is 2.22. The van der Waals surface area contributed by atoms with E-state index in [9.17, 15) is 4.79 Å². The Morgan fingerprint density at radius 1 is 1.33 bits per heavy atom. The molecule has 0 spiro atoms. The van der Waals surface area contributed by atoms with Crippen molar-refractivity contribution in [2.75, 3.05) is 6.26 Å². The molecule has 1 aromatic heterocycles. The van der Waals surface area contributed by atoms with Gasteiger partial charge >= 0.3 is 0 Å². The topological polar surface area (TPSA) is 34.9 Å². The Kier molecular flexibility index (Phi) is 2.87. The molecule has 0 unspecified atom stereocenters. The molecular formula is C11H10N2OS. The number of imidazole rings is 1. The summed E-state index contributed by atoms with van der Waals surface area (Å²) in [5, 5.41) is 0.871. The van der Waals surface area contributed by atoms with Crippen LogP contribution in [0.3, 0.4) is 0 Å². The van der Waals surface area contributed by atoms with E-state index >= 15 is 0 Å². The predicted octanol–water partition coefficient (Wildman–Crippen LogP) is 2.41. The van der Waals surface area contributed by atoms with Crippen LogP contribution in [0.1, 0.15) is 10.5 Å². The van der Waals surface area contributed by atoms with Gasteiger partial charge in [0.2, 0.25) is 0 Å². The molecule has 0 radical (unpaired) electrons. The standard InChI is InChI=1S/C11H10N2OS/c1-15-11-10(7-14)12-8-13(11)9-5-3-2-4-6-9/h2-8H,1H3. The van der Waals surface area contributed by atoms with Crippen LogP contribution in [0.15, 0.2) is 41.7 Å². The number of hydrogen-bond acceptors (Lipinski definition) is 3. The molecule has 0 bridgehead atoms. The van der Waals surface area contributed by atoms with E-state index in [1.807, 2.05) is 41.2 Å². The first kappa shape index (κ1) is 9.98. The largest absolute Gasteiger partial charge is 0.296 e. The normalized spacial score (nSPS) is 10.2. The van der Waals surface area contributed by atoms with Gasteiger partial charge in [0.15, 0.2) is 6.29 Å². The highest BCUT2D eigenvalue weighted by atomic mass is 32.2. The second-order valence-corrected chi connectivity index (χ2v) is 3.76. The van der Waals surface area contributed by atoms with E-state index in [-0.39, 0.29) is 0 Å². The van der Waals surface area contributed by atoms with Crippen molar-refractivity contribution in [3.05, 3.63) is 42.4 Å². The van der Waals surface area contributed by atoms with Crippen LogP contribution in [0.5, 0.6) is 0 Å². The minimum Gasteiger partial charge on any atom is -0.296 e. The molecule has 1 heterocycles. The Labute approximate surface area is 92.1 Å². The van der Waals surface area contributed by atoms with Crippen LogP contribution >= 0.6 is 11.8 Å². The average molecular weight is 218 g/mol. The fraction of sp³-hybridized carbons (Fsp3) is 0.0909. The third-order valence-electron chi connectivity index (χ3n) is 2.09. The number of nitrogens with zero attached hydrogens (tertiary/aromatic N) is 2. The number of thioether (sulfide) groups is 1. The van der Waals surface area contributed by atoms with Gasteiger partial charge in [0.05, 0.1) is 0 Å². The van der Waals surface area contributed by atoms with Gasteiger partial charge < -0.3 is 0 Å². The van der Waals surface area contributed by atoms with Crippen molar-refractivity contribution in [1.82, 2.24) is 9.55 Å². The lowest BCUT2D eigenvalue weighted by Crippen LogP contribution is -1.94. The lowest BCUT2D eigenvalue weighted by molar-refractivity contribution is 0.111. The summed E-state index contributed by atoms with van der Waals surface area (Å²) in [4.78, 5) is 14.8. The van der Waals surface area contributed by atoms with Crippen molar-refractivity contribution >= 4 is 18.0 Å². The number of aromatic nitrogens is 2. The van der Waals surface area contributed by atoms with Crippen LogP contribution in [-0.4, -0.2) is 22.1 Å². The molecule has 0 amide bonds. The fourth-order valence-corrected chi connectivity index (χ4v) is 2.07. The summed E-state index contributed by atoms with van der Waals surface area (Å²) in [5.74, 6) is 0. The highest BCUT2D eigenvalue weighted by Gasteiger charge is 2.09. The Morgan fingerprint density at radius 3 is 2.67 bits per heavy atom. The third kappa shape index (κ3) is 1.80. The van der Waals surface area contributed by atoms with Gasteiger partial charge in [0.1, 0.15) is 17.0 Å². The third-order valence-corrected chi connectivity index (χ3v) is 2.88. The van der Waals surface area contributed by atoms with Crippen LogP contribution < -0.4 is 0 Å². The van der Waals surface area contributed by atoms with Gasteiger partial charge in [0.25, 0.3) is 0 Å². The van der Waals surface area contributed by atoms with E-state index in [0.29, 0.717) is 5.69 Å². The number of rotatable bonds is 3. The lowest BCUT2D eigenvalue weighted by atomic mass is 10.3. The number of aldehydes is 1. The van der Waals surface area contributed by atoms with E-state index < -0.39 is 0 Å². The summed E-state index contributed by atoms with van der Waals surface area (Å²) in [6, 6.07) is 9.84. The van der Waals surface area contributed by atoms with Gasteiger partial charge in [-0.2, -0.15) is 0 Å². The molecular weight excluding hydrogens is 208 g/mol. The number of hydrogen-bond donors (Lipinski definition) is 0. The quantitative estimate of drug-likeness (QED) is 0.586. The molecule has 0 atom stereocenters. The first-order valence-electron chi connectivity index (χ1n) is 4.48. The monoisotopic (exact) mass is 218 g/mol. The van der Waals surface area contributed by atoms with Gasteiger partial charge in [-0.3, -0.25) is 9.36 Å². The number of benzene rings is 1. The Hall–Kier alpha value is -1.55. The zero-order chi connectivity index (χ0) is 10.7. The summed E-state index contributed by atoms with van der Waals surface area (Å²) in [6.45, 7) is 0. The second kappa shape index (κ2) is 4.31. The molecule has 0 aliphatic rings. The van der Waals surface area contributed by atoms with Crippen molar-refractivity contribution in [2.24, 2.45) is 0 Å². The molecule has 2 aromatic rings. The molecule has 0 saturated heterocycles. The number of para-hydroxylation sites is 1. The maximum absolute atomic E-state index is 10.7. The molecule has 0 fully saturated rings. The smallest absolute Gasteiger partial charge is 0.171 e. The van der Waals surface area contributed by atoms with E-state index in [0.717, 1.165) is 17.0 Å². The molecule has 0 aliphatic heterocycles. The van der Waals surface area contributed by atoms with E-state index in [1.54, 1.807) is 6.33 Å². The van der Waals surface area contributed by atoms with E-state index in [1.165, 1.54) is 11.8 Å². The highest BCUT2D eigenvalue weighted by molar-refractivity contribution is 7.98. The molecule has 0 aliphatic carbocycles. The predicted molar refractivity (Wildman–Crippen MR) is 60.7 cm³/mol. The molecule has 76 valence electrons. The first-order valence-corrected chi connectivity index (χ1v) is 5.71. The van der Waals surface area contributed by atoms with Gasteiger partial charge in [-0.05, 0) is 18.4 Å². The second-order valence-electron chi connectivity index (χ2n) is 2.96. The molecule has 0 saturated carbocycles. The van der Waals surface area contributed by atoms with Crippen molar-refractivity contribution in [1.29, 1.82) is 0 Å². The SMILES string of the molecule is CSc1c(C=O)ncn1-c1ccccc1. The van der Waals surface area contributed by atoms with Crippen molar-refractivity contribution in [3.8, 4) is 5.69 Å². The minimum absolute atomic E-state index is 0.492. The van der Waals surface area contributed by atoms with Crippen LogP contribution in [0.4, 0.5) is 0 Å². The Balaban J connectivity index is 2.54. The summed E-state index contributed by atoms with van der Waals surface area (Å²) < 4.78 is 1.91. The summed E-state index contributed by atoms with van der Waals surface area (Å²) in [6.07, 6.45) is 4.39. The van der Waals surface area contributed by atoms with Crippen molar-refractivity contribution in [2.45, 2.75) is 5.03 Å². The van der Waals surface area contributed by atoms with Gasteiger partial charge in [-0.15, -0.1) is 11.8 Å². The first-order chi connectivity index (χ1) is 7.36. The lowest BCUT2D eigenvalue weighted by Gasteiger charge is -2.05. The summed E-state index contributed by atoms with van der Waals surface area (Å²) in [7, 11) is 0. The van der Waals surface area contributed by atoms with E-state index in [4.69, 9.17) is 0 Å². The molecule has 1 aromatic carbocycles. The van der Waals surface area contributed by atoms with E-state index in [2.05, 4.69) is 4.98 Å². The maximum Gasteiger partial charge on any atom is 0.171 e. The van der Waals surface area contributed by atoms with Crippen molar-refractivity contribution in [3.63, 3.8) is 0 Å². The van der Waals surface area contributed by atoms with Crippen LogP contribution in [0.2, 0.25) is 0 Å².